The van der Waals surface area contributed by atoms with Crippen molar-refractivity contribution < 1.29 is 0 Å². The minimum atomic E-state index is 0.647. The maximum Gasteiger partial charge on any atom is 0.113 e. The van der Waals surface area contributed by atoms with Gasteiger partial charge in [-0.3, -0.25) is 0 Å². The van der Waals surface area contributed by atoms with E-state index in [1.165, 1.54) is 0 Å². The number of hydrogen-bond acceptors (Lipinski definition) is 3. The molecule has 5 aromatic carbocycles. The van der Waals surface area contributed by atoms with E-state index in [0.717, 1.165) is 49.9 Å². The molecule has 0 atom stereocenters. The number of nitrogen functional groups attached to an aromatic ring is 2. The summed E-state index contributed by atoms with van der Waals surface area (Å²) in [5.74, 6) is 0. The Morgan fingerprint density at radius 1 is 0.576 bits per heavy atom. The first kappa shape index (κ1) is 21.7. The summed E-state index contributed by atoms with van der Waals surface area (Å²) in [6, 6.07) is 37.5. The predicted octanol–water partition coefficient (Wildman–Crippen LogP) is 5.69. The molecule has 5 rings (SSSR count). The number of nitrogens with zero attached hydrogens (tertiary/aromatic N) is 1. The molecular formula is C29H22BN3. The average molecular weight is 423 g/mol. The van der Waals surface area contributed by atoms with Gasteiger partial charge in [-0.05, 0) is 58.0 Å². The van der Waals surface area contributed by atoms with E-state index < -0.39 is 0 Å². The van der Waals surface area contributed by atoms with Gasteiger partial charge in [-0.15, -0.1) is 0 Å². The van der Waals surface area contributed by atoms with Gasteiger partial charge in [-0.1, -0.05) is 84.3 Å². The quantitative estimate of drug-likeness (QED) is 0.283. The van der Waals surface area contributed by atoms with Crippen molar-refractivity contribution in [3.05, 3.63) is 115 Å². The fourth-order valence-electron chi connectivity index (χ4n) is 3.77. The third-order valence-electron chi connectivity index (χ3n) is 5.36. The predicted molar refractivity (Wildman–Crippen MR) is 140 cm³/mol. The fraction of sp³-hybridized carbons (Fsp3) is 0. The molecule has 0 saturated heterocycles. The second kappa shape index (κ2) is 9.76. The van der Waals surface area contributed by atoms with E-state index in [-0.39, 0.29) is 0 Å². The molecule has 0 unspecified atom stereocenters. The summed E-state index contributed by atoms with van der Waals surface area (Å²) in [7, 11) is 5.85. The van der Waals surface area contributed by atoms with Crippen molar-refractivity contribution in [2.45, 2.75) is 0 Å². The molecule has 0 aliphatic heterocycles. The van der Waals surface area contributed by atoms with Gasteiger partial charge in [0.05, 0.1) is 11.6 Å². The lowest BCUT2D eigenvalue weighted by atomic mass is 9.90. The lowest BCUT2D eigenvalue weighted by Gasteiger charge is -2.08. The van der Waals surface area contributed by atoms with Gasteiger partial charge in [0, 0.05) is 16.8 Å². The monoisotopic (exact) mass is 423 g/mol. The van der Waals surface area contributed by atoms with E-state index in [1.807, 2.05) is 103 Å². The van der Waals surface area contributed by atoms with Crippen molar-refractivity contribution in [2.75, 3.05) is 11.5 Å². The van der Waals surface area contributed by atoms with Gasteiger partial charge in [0.25, 0.3) is 0 Å². The fourth-order valence-corrected chi connectivity index (χ4v) is 3.77. The van der Waals surface area contributed by atoms with Crippen LogP contribution in [0, 0.1) is 11.3 Å². The Balaban J connectivity index is 0.000000183. The first-order valence-electron chi connectivity index (χ1n) is 10.5. The molecule has 0 aliphatic carbocycles. The highest BCUT2D eigenvalue weighted by molar-refractivity contribution is 6.32. The second-order valence-corrected chi connectivity index (χ2v) is 7.69. The van der Waals surface area contributed by atoms with Crippen molar-refractivity contribution >= 4 is 35.5 Å². The number of rotatable bonds is 2. The van der Waals surface area contributed by atoms with Crippen LogP contribution >= 0.6 is 0 Å². The molecule has 2 radical (unpaired) electrons. The minimum absolute atomic E-state index is 0.647. The molecule has 0 bridgehead atoms. The topological polar surface area (TPSA) is 75.8 Å². The standard InChI is InChI=1S/C19H12BN.C10H10N2/c20-19-8-4-7-16(12-19)18-10-14(13-21)9-17(11-18)15-5-2-1-3-6-15;11-8-5-1-3-7-4-2-6-9(12)10(7)8/h1-12H;1-6H,11-12H2. The minimum Gasteiger partial charge on any atom is -0.398 e. The summed E-state index contributed by atoms with van der Waals surface area (Å²) in [4.78, 5) is 0. The molecule has 0 aliphatic rings. The van der Waals surface area contributed by atoms with Crippen LogP contribution in [0.2, 0.25) is 0 Å². The largest absolute Gasteiger partial charge is 0.398 e. The number of fused-ring (bicyclic) bond motifs is 1. The van der Waals surface area contributed by atoms with Crippen molar-refractivity contribution in [3.8, 4) is 28.3 Å². The zero-order chi connectivity index (χ0) is 23.2. The van der Waals surface area contributed by atoms with Crippen molar-refractivity contribution in [2.24, 2.45) is 0 Å². The van der Waals surface area contributed by atoms with Gasteiger partial charge in [0.2, 0.25) is 0 Å². The van der Waals surface area contributed by atoms with Crippen LogP contribution < -0.4 is 16.9 Å². The summed E-state index contributed by atoms with van der Waals surface area (Å²) in [6.07, 6.45) is 0. The normalized spacial score (nSPS) is 10.2. The van der Waals surface area contributed by atoms with Gasteiger partial charge in [0.1, 0.15) is 7.85 Å². The smallest absolute Gasteiger partial charge is 0.113 e. The summed E-state index contributed by atoms with van der Waals surface area (Å²) in [5.41, 5.74) is 18.6. The maximum atomic E-state index is 9.26. The van der Waals surface area contributed by atoms with Crippen molar-refractivity contribution in [1.29, 1.82) is 5.26 Å². The Morgan fingerprint density at radius 3 is 1.73 bits per heavy atom. The zero-order valence-corrected chi connectivity index (χ0v) is 18.1. The van der Waals surface area contributed by atoms with Gasteiger partial charge < -0.3 is 11.5 Å². The average Bonchev–Trinajstić information content (AvgIpc) is 2.85. The number of nitrogens with two attached hydrogens (primary N) is 2. The molecule has 0 heterocycles. The molecule has 156 valence electrons. The molecule has 3 nitrogen and oxygen atoms in total. The van der Waals surface area contributed by atoms with Crippen LogP contribution in [-0.2, 0) is 0 Å². The maximum absolute atomic E-state index is 9.26. The molecule has 4 heteroatoms. The van der Waals surface area contributed by atoms with E-state index in [9.17, 15) is 5.26 Å². The van der Waals surface area contributed by atoms with Gasteiger partial charge in [0.15, 0.2) is 0 Å². The van der Waals surface area contributed by atoms with Crippen LogP contribution in [0.5, 0.6) is 0 Å². The third-order valence-corrected chi connectivity index (χ3v) is 5.36. The van der Waals surface area contributed by atoms with Crippen LogP contribution in [0.15, 0.2) is 109 Å². The van der Waals surface area contributed by atoms with Gasteiger partial charge in [-0.2, -0.15) is 5.26 Å². The van der Waals surface area contributed by atoms with Crippen molar-refractivity contribution in [1.82, 2.24) is 0 Å². The Morgan fingerprint density at radius 2 is 1.15 bits per heavy atom. The molecule has 4 N–H and O–H groups in total. The summed E-state index contributed by atoms with van der Waals surface area (Å²) in [5, 5.41) is 11.3. The Bertz CT molecular complexity index is 1420. The second-order valence-electron chi connectivity index (χ2n) is 7.69. The molecule has 0 aromatic heterocycles. The number of hydrogen-bond donors (Lipinski definition) is 2. The van der Waals surface area contributed by atoms with Gasteiger partial charge >= 0.3 is 0 Å². The Hall–Kier alpha value is -4.49. The summed E-state index contributed by atoms with van der Waals surface area (Å²) >= 11 is 0. The molecule has 0 spiro atoms. The number of anilines is 2. The van der Waals surface area contributed by atoms with Crippen LogP contribution in [-0.4, -0.2) is 7.85 Å². The summed E-state index contributed by atoms with van der Waals surface area (Å²) < 4.78 is 0. The van der Waals surface area contributed by atoms with Crippen LogP contribution in [0.4, 0.5) is 11.4 Å². The van der Waals surface area contributed by atoms with Crippen molar-refractivity contribution in [3.63, 3.8) is 0 Å². The number of nitriles is 1. The molecule has 0 fully saturated rings. The lowest BCUT2D eigenvalue weighted by Crippen LogP contribution is -2.00. The molecule has 0 amide bonds. The lowest BCUT2D eigenvalue weighted by molar-refractivity contribution is 1.48. The van der Waals surface area contributed by atoms with E-state index in [4.69, 9.17) is 19.3 Å². The van der Waals surface area contributed by atoms with E-state index in [0.29, 0.717) is 5.56 Å². The SMILES string of the molecule is Nc1cccc2cccc(N)c12.[B]c1cccc(-c2cc(C#N)cc(-c3ccccc3)c2)c1. The van der Waals surface area contributed by atoms with E-state index >= 15 is 0 Å². The highest BCUT2D eigenvalue weighted by Crippen LogP contribution is 2.28. The first-order chi connectivity index (χ1) is 16.0. The highest BCUT2D eigenvalue weighted by Gasteiger charge is 2.05. The first-order valence-corrected chi connectivity index (χ1v) is 10.5. The number of benzene rings is 5. The Kier molecular flexibility index (Phi) is 6.43. The zero-order valence-electron chi connectivity index (χ0n) is 18.1. The summed E-state index contributed by atoms with van der Waals surface area (Å²) in [6.45, 7) is 0. The van der Waals surface area contributed by atoms with Crippen LogP contribution in [0.3, 0.4) is 0 Å². The molecule has 0 saturated carbocycles. The molecule has 33 heavy (non-hydrogen) atoms. The highest BCUT2D eigenvalue weighted by atomic mass is 14.6. The Labute approximate surface area is 195 Å². The van der Waals surface area contributed by atoms with Crippen LogP contribution in [0.1, 0.15) is 5.56 Å². The van der Waals surface area contributed by atoms with Gasteiger partial charge in [-0.25, -0.2) is 0 Å². The van der Waals surface area contributed by atoms with E-state index in [1.54, 1.807) is 0 Å². The van der Waals surface area contributed by atoms with E-state index in [2.05, 4.69) is 12.1 Å². The molecular weight excluding hydrogens is 401 g/mol. The third kappa shape index (κ3) is 5.06. The molecule has 5 aromatic rings. The van der Waals surface area contributed by atoms with Crippen LogP contribution in [0.25, 0.3) is 33.0 Å².